The summed E-state index contributed by atoms with van der Waals surface area (Å²) < 4.78 is 0. The molecule has 4 N–H and O–H groups in total. The molecule has 132 valence electrons. The predicted octanol–water partition coefficient (Wildman–Crippen LogP) is 3.11. The minimum atomic E-state index is -0.116. The maximum absolute atomic E-state index is 8.36. The fourth-order valence-corrected chi connectivity index (χ4v) is 0. The number of aliphatic hydroxyl groups is 4. The van der Waals surface area contributed by atoms with Crippen molar-refractivity contribution in [3.05, 3.63) is 0 Å². The van der Waals surface area contributed by atoms with Crippen molar-refractivity contribution >= 4 is 0 Å². The fourth-order valence-electron chi connectivity index (χ4n) is 0. The molecule has 4 unspecified atom stereocenters. The minimum Gasteiger partial charge on any atom is -0.393 e. The molecule has 21 heavy (non-hydrogen) atoms. The molecule has 4 nitrogen and oxygen atoms in total. The van der Waals surface area contributed by atoms with Gasteiger partial charge in [-0.15, -0.1) is 0 Å². The second-order valence-electron chi connectivity index (χ2n) is 5.03. The molecule has 5 heteroatoms. The molecule has 0 fully saturated rings. The maximum Gasteiger partial charge on any atom is 0.0509 e. The third-order valence-corrected chi connectivity index (χ3v) is 2.36. The van der Waals surface area contributed by atoms with Gasteiger partial charge in [-0.1, -0.05) is 27.7 Å². The second kappa shape index (κ2) is 28.8. The van der Waals surface area contributed by atoms with Crippen LogP contribution in [0.1, 0.15) is 81.1 Å². The Morgan fingerprint density at radius 3 is 0.524 bits per heavy atom. The molecule has 0 aliphatic rings. The van der Waals surface area contributed by atoms with Gasteiger partial charge in [0.05, 0.1) is 24.4 Å². The Kier molecular flexibility index (Phi) is 45.8. The third kappa shape index (κ3) is 95.6. The van der Waals surface area contributed by atoms with Crippen molar-refractivity contribution in [2.75, 3.05) is 0 Å². The Bertz CT molecular complexity index is 108. The van der Waals surface area contributed by atoms with Crippen LogP contribution in [-0.2, 0) is 25.8 Å². The summed E-state index contributed by atoms with van der Waals surface area (Å²) in [4.78, 5) is 0. The van der Waals surface area contributed by atoms with Crippen molar-refractivity contribution in [2.45, 2.75) is 105 Å². The predicted molar refractivity (Wildman–Crippen MR) is 87.9 cm³/mol. The summed E-state index contributed by atoms with van der Waals surface area (Å²) in [6.45, 7) is 14.9. The van der Waals surface area contributed by atoms with Gasteiger partial charge in [0, 0.05) is 25.8 Å². The molecule has 0 aromatic rings. The summed E-state index contributed by atoms with van der Waals surface area (Å²) in [5.41, 5.74) is 0. The molecule has 0 saturated heterocycles. The first kappa shape index (κ1) is 33.3. The quantitative estimate of drug-likeness (QED) is 0.472. The van der Waals surface area contributed by atoms with Gasteiger partial charge in [-0.25, -0.2) is 0 Å². The van der Waals surface area contributed by atoms with Gasteiger partial charge in [0.25, 0.3) is 0 Å². The van der Waals surface area contributed by atoms with Gasteiger partial charge in [-0.3, -0.25) is 0 Å². The Morgan fingerprint density at radius 1 is 0.476 bits per heavy atom. The van der Waals surface area contributed by atoms with Gasteiger partial charge in [-0.2, -0.15) is 0 Å². The first-order chi connectivity index (χ1) is 9.08. The molecule has 0 radical (unpaired) electrons. The van der Waals surface area contributed by atoms with Gasteiger partial charge in [0.2, 0.25) is 0 Å². The summed E-state index contributed by atoms with van der Waals surface area (Å²) in [6.07, 6.45) is 2.98. The van der Waals surface area contributed by atoms with E-state index in [1.165, 1.54) is 0 Å². The number of aliphatic hydroxyl groups excluding tert-OH is 4. The Balaban J connectivity index is -0.0000000533. The van der Waals surface area contributed by atoms with Crippen molar-refractivity contribution in [1.82, 2.24) is 0 Å². The van der Waals surface area contributed by atoms with Crippen molar-refractivity contribution in [3.8, 4) is 0 Å². The molecule has 0 rings (SSSR count). The van der Waals surface area contributed by atoms with E-state index < -0.39 is 0 Å². The third-order valence-electron chi connectivity index (χ3n) is 2.36. The van der Waals surface area contributed by atoms with Crippen LogP contribution >= 0.6 is 0 Å². The summed E-state index contributed by atoms with van der Waals surface area (Å²) in [5.74, 6) is 0. The first-order valence-corrected chi connectivity index (χ1v) is 7.80. The maximum atomic E-state index is 8.36. The normalized spacial score (nSPS) is 14.3. The van der Waals surface area contributed by atoms with Gasteiger partial charge in [0.1, 0.15) is 0 Å². The molecule has 0 heterocycles. The zero-order valence-electron chi connectivity index (χ0n) is 15.4. The average Bonchev–Trinajstić information content (AvgIpc) is 2.40. The number of hydrogen-bond acceptors (Lipinski definition) is 4. The van der Waals surface area contributed by atoms with Crippen molar-refractivity contribution in [1.29, 1.82) is 0 Å². The fraction of sp³-hybridized carbons (Fsp3) is 1.00. The molecule has 0 aliphatic heterocycles. The summed E-state index contributed by atoms with van der Waals surface area (Å²) in [6, 6.07) is 0. The van der Waals surface area contributed by atoms with Crippen molar-refractivity contribution in [2.24, 2.45) is 0 Å². The largest absolute Gasteiger partial charge is 0.393 e. The standard InChI is InChI=1S/4C4H10O.Hf/c4*1-3-4(2)5;/h4*4-5H,3H2,1-2H3;. The van der Waals surface area contributed by atoms with Crippen LogP contribution in [-0.4, -0.2) is 44.8 Å². The number of rotatable bonds is 4. The molecule has 0 aromatic heterocycles. The van der Waals surface area contributed by atoms with E-state index in [1.807, 2.05) is 27.7 Å². The van der Waals surface area contributed by atoms with E-state index in [0.29, 0.717) is 0 Å². The monoisotopic (exact) mass is 476 g/mol. The summed E-state index contributed by atoms with van der Waals surface area (Å²) >= 11 is 0. The van der Waals surface area contributed by atoms with Gasteiger partial charge in [0.15, 0.2) is 0 Å². The van der Waals surface area contributed by atoms with Crippen LogP contribution in [0.25, 0.3) is 0 Å². The SMILES string of the molecule is CCC(C)O.CCC(C)O.CCC(C)O.CCC(C)O.[Hf]. The van der Waals surface area contributed by atoms with E-state index in [2.05, 4.69) is 0 Å². The summed E-state index contributed by atoms with van der Waals surface area (Å²) in [7, 11) is 0. The van der Waals surface area contributed by atoms with Gasteiger partial charge < -0.3 is 20.4 Å². The van der Waals surface area contributed by atoms with Crippen LogP contribution < -0.4 is 0 Å². The first-order valence-electron chi connectivity index (χ1n) is 7.80. The topological polar surface area (TPSA) is 80.9 Å². The molecular weight excluding hydrogens is 435 g/mol. The zero-order valence-corrected chi connectivity index (χ0v) is 19.0. The van der Waals surface area contributed by atoms with Crippen LogP contribution in [0.5, 0.6) is 0 Å². The summed E-state index contributed by atoms with van der Waals surface area (Å²) in [5, 5.41) is 33.4. The van der Waals surface area contributed by atoms with E-state index in [1.54, 1.807) is 27.7 Å². The Morgan fingerprint density at radius 2 is 0.524 bits per heavy atom. The van der Waals surface area contributed by atoms with E-state index in [-0.39, 0.29) is 50.3 Å². The molecular formula is C16H40HfO4. The van der Waals surface area contributed by atoms with E-state index in [4.69, 9.17) is 20.4 Å². The molecule has 0 amide bonds. The van der Waals surface area contributed by atoms with Crippen molar-refractivity contribution in [3.63, 3.8) is 0 Å². The molecule has 0 aromatic carbocycles. The minimum absolute atomic E-state index is 0. The van der Waals surface area contributed by atoms with Gasteiger partial charge in [-0.05, 0) is 53.4 Å². The van der Waals surface area contributed by atoms with E-state index >= 15 is 0 Å². The second-order valence-corrected chi connectivity index (χ2v) is 5.03. The number of hydrogen-bond donors (Lipinski definition) is 4. The average molecular weight is 475 g/mol. The Hall–Kier alpha value is 0.710. The Labute approximate surface area is 151 Å². The van der Waals surface area contributed by atoms with Crippen LogP contribution in [0, 0.1) is 0 Å². The molecule has 0 bridgehead atoms. The van der Waals surface area contributed by atoms with Crippen molar-refractivity contribution < 1.29 is 46.3 Å². The van der Waals surface area contributed by atoms with Gasteiger partial charge >= 0.3 is 0 Å². The molecule has 0 aliphatic carbocycles. The molecule has 4 atom stereocenters. The van der Waals surface area contributed by atoms with Crippen LogP contribution in [0.15, 0.2) is 0 Å². The van der Waals surface area contributed by atoms with Crippen LogP contribution in [0.4, 0.5) is 0 Å². The van der Waals surface area contributed by atoms with E-state index in [0.717, 1.165) is 25.7 Å². The molecule has 0 spiro atoms. The zero-order chi connectivity index (χ0) is 17.1. The van der Waals surface area contributed by atoms with E-state index in [9.17, 15) is 0 Å². The molecule has 0 saturated carbocycles. The van der Waals surface area contributed by atoms with Crippen LogP contribution in [0.3, 0.4) is 0 Å². The smallest absolute Gasteiger partial charge is 0.0509 e. The van der Waals surface area contributed by atoms with Crippen LogP contribution in [0.2, 0.25) is 0 Å².